The van der Waals surface area contributed by atoms with Gasteiger partial charge in [-0.25, -0.2) is 8.78 Å². The Balaban J connectivity index is 2.25. The molecule has 0 amide bonds. The second-order valence-electron chi connectivity index (χ2n) is 4.76. The minimum absolute atomic E-state index is 0.0325. The van der Waals surface area contributed by atoms with E-state index in [-0.39, 0.29) is 16.5 Å². The van der Waals surface area contributed by atoms with E-state index in [0.29, 0.717) is 0 Å². The van der Waals surface area contributed by atoms with Crippen molar-refractivity contribution in [3.05, 3.63) is 69.7 Å². The monoisotopic (exact) mass is 355 g/mol. The summed E-state index contributed by atoms with van der Waals surface area (Å²) >= 11 is 3.06. The van der Waals surface area contributed by atoms with Crippen LogP contribution in [0, 0.1) is 11.6 Å². The van der Waals surface area contributed by atoms with Crippen LogP contribution in [0.2, 0.25) is 0 Å². The fraction of sp³-hybridized carbons (Fsp3) is 0.250. The number of rotatable bonds is 5. The lowest BCUT2D eigenvalue weighted by Crippen LogP contribution is -2.32. The van der Waals surface area contributed by atoms with Gasteiger partial charge in [0.05, 0.1) is 10.6 Å². The van der Waals surface area contributed by atoms with Crippen LogP contribution >= 0.6 is 15.9 Å². The van der Waals surface area contributed by atoms with E-state index >= 15 is 0 Å². The van der Waals surface area contributed by atoms with Gasteiger partial charge in [0, 0.05) is 18.7 Å². The van der Waals surface area contributed by atoms with E-state index in [1.54, 1.807) is 0 Å². The first kappa shape index (κ1) is 16.1. The van der Waals surface area contributed by atoms with E-state index in [0.717, 1.165) is 5.56 Å². The van der Waals surface area contributed by atoms with Crippen molar-refractivity contribution in [1.29, 1.82) is 0 Å². The smallest absolute Gasteiger partial charge is 0.143 e. The Morgan fingerprint density at radius 2 is 1.81 bits per heavy atom. The van der Waals surface area contributed by atoms with Crippen molar-refractivity contribution in [3.8, 4) is 0 Å². The number of halogens is 3. The Morgan fingerprint density at radius 1 is 1.14 bits per heavy atom. The SMILES string of the molecule is COC(c1ccccc1)C(N)Cc1c(F)ccc(Br)c1F. The lowest BCUT2D eigenvalue weighted by atomic mass is 9.96. The summed E-state index contributed by atoms with van der Waals surface area (Å²) in [6, 6.07) is 11.4. The van der Waals surface area contributed by atoms with Gasteiger partial charge in [0.15, 0.2) is 0 Å². The van der Waals surface area contributed by atoms with E-state index in [2.05, 4.69) is 15.9 Å². The summed E-state index contributed by atoms with van der Waals surface area (Å²) in [5, 5.41) is 0. The molecule has 21 heavy (non-hydrogen) atoms. The van der Waals surface area contributed by atoms with Crippen molar-refractivity contribution in [2.45, 2.75) is 18.6 Å². The van der Waals surface area contributed by atoms with Crippen molar-refractivity contribution in [2.75, 3.05) is 7.11 Å². The summed E-state index contributed by atoms with van der Waals surface area (Å²) in [6.45, 7) is 0. The van der Waals surface area contributed by atoms with Gasteiger partial charge in [-0.2, -0.15) is 0 Å². The molecule has 2 atom stereocenters. The molecule has 2 rings (SSSR count). The van der Waals surface area contributed by atoms with Gasteiger partial charge >= 0.3 is 0 Å². The van der Waals surface area contributed by atoms with Gasteiger partial charge in [-0.05, 0) is 40.0 Å². The van der Waals surface area contributed by atoms with Crippen LogP contribution in [-0.4, -0.2) is 13.2 Å². The third-order valence-electron chi connectivity index (χ3n) is 3.35. The largest absolute Gasteiger partial charge is 0.375 e. The zero-order chi connectivity index (χ0) is 15.4. The van der Waals surface area contributed by atoms with E-state index in [1.165, 1.54) is 19.2 Å². The second-order valence-corrected chi connectivity index (χ2v) is 5.61. The maximum Gasteiger partial charge on any atom is 0.143 e. The van der Waals surface area contributed by atoms with Gasteiger partial charge in [-0.1, -0.05) is 30.3 Å². The van der Waals surface area contributed by atoms with Gasteiger partial charge in [0.2, 0.25) is 0 Å². The van der Waals surface area contributed by atoms with Crippen LogP contribution in [0.25, 0.3) is 0 Å². The molecule has 5 heteroatoms. The third-order valence-corrected chi connectivity index (χ3v) is 3.96. The summed E-state index contributed by atoms with van der Waals surface area (Å²) in [7, 11) is 1.53. The average Bonchev–Trinajstić information content (AvgIpc) is 2.49. The zero-order valence-electron chi connectivity index (χ0n) is 11.5. The molecular formula is C16H16BrF2NO. The van der Waals surface area contributed by atoms with Crippen LogP contribution in [0.4, 0.5) is 8.78 Å². The van der Waals surface area contributed by atoms with Crippen LogP contribution in [-0.2, 0) is 11.2 Å². The van der Waals surface area contributed by atoms with E-state index in [1.807, 2.05) is 30.3 Å². The van der Waals surface area contributed by atoms with Crippen molar-refractivity contribution in [1.82, 2.24) is 0 Å². The molecule has 2 unspecified atom stereocenters. The minimum atomic E-state index is -0.617. The molecule has 0 saturated heterocycles. The van der Waals surface area contributed by atoms with Gasteiger partial charge in [-0.3, -0.25) is 0 Å². The molecule has 0 radical (unpaired) electrons. The van der Waals surface area contributed by atoms with Gasteiger partial charge in [-0.15, -0.1) is 0 Å². The van der Waals surface area contributed by atoms with Crippen molar-refractivity contribution in [3.63, 3.8) is 0 Å². The molecule has 0 aromatic heterocycles. The minimum Gasteiger partial charge on any atom is -0.375 e. The quantitative estimate of drug-likeness (QED) is 0.823. The number of nitrogens with two attached hydrogens (primary N) is 1. The molecule has 2 aromatic rings. The predicted octanol–water partition coefficient (Wildman–Crippen LogP) is 3.98. The van der Waals surface area contributed by atoms with E-state index < -0.39 is 23.8 Å². The Morgan fingerprint density at radius 3 is 2.43 bits per heavy atom. The maximum absolute atomic E-state index is 14.0. The Kier molecular flexibility index (Phi) is 5.45. The highest BCUT2D eigenvalue weighted by Gasteiger charge is 2.23. The lowest BCUT2D eigenvalue weighted by Gasteiger charge is -2.23. The normalized spacial score (nSPS) is 14.0. The van der Waals surface area contributed by atoms with E-state index in [9.17, 15) is 8.78 Å². The number of hydrogen-bond donors (Lipinski definition) is 1. The molecule has 0 heterocycles. The fourth-order valence-electron chi connectivity index (χ4n) is 2.30. The van der Waals surface area contributed by atoms with Crippen molar-refractivity contribution >= 4 is 15.9 Å². The van der Waals surface area contributed by atoms with Gasteiger partial charge < -0.3 is 10.5 Å². The number of hydrogen-bond acceptors (Lipinski definition) is 2. The Bertz CT molecular complexity index is 607. The summed E-state index contributed by atoms with van der Waals surface area (Å²) in [5.41, 5.74) is 6.95. The standard InChI is InChI=1S/C16H16BrF2NO/c1-21-16(10-5-3-2-4-6-10)14(20)9-11-13(18)8-7-12(17)15(11)19/h2-8,14,16H,9,20H2,1H3. The van der Waals surface area contributed by atoms with Gasteiger partial charge in [0.25, 0.3) is 0 Å². The second kappa shape index (κ2) is 7.11. The topological polar surface area (TPSA) is 35.2 Å². The highest BCUT2D eigenvalue weighted by atomic mass is 79.9. The van der Waals surface area contributed by atoms with Crippen LogP contribution < -0.4 is 5.73 Å². The molecule has 112 valence electrons. The Labute approximate surface area is 131 Å². The van der Waals surface area contributed by atoms with E-state index in [4.69, 9.17) is 10.5 Å². The number of ether oxygens (including phenoxy) is 1. The lowest BCUT2D eigenvalue weighted by molar-refractivity contribution is 0.0797. The summed E-state index contributed by atoms with van der Waals surface area (Å²) in [5.74, 6) is -1.22. The molecule has 0 bridgehead atoms. The van der Waals surface area contributed by atoms with Crippen LogP contribution in [0.15, 0.2) is 46.9 Å². The highest BCUT2D eigenvalue weighted by Crippen LogP contribution is 2.26. The zero-order valence-corrected chi connectivity index (χ0v) is 13.1. The third kappa shape index (κ3) is 3.67. The number of benzene rings is 2. The van der Waals surface area contributed by atoms with Crippen LogP contribution in [0.5, 0.6) is 0 Å². The molecule has 0 saturated carbocycles. The molecule has 0 spiro atoms. The first-order chi connectivity index (χ1) is 10.0. The number of methoxy groups -OCH3 is 1. The van der Waals surface area contributed by atoms with Crippen LogP contribution in [0.1, 0.15) is 17.2 Å². The summed E-state index contributed by atoms with van der Waals surface area (Å²) < 4.78 is 33.4. The molecule has 0 aliphatic rings. The maximum atomic E-state index is 14.0. The highest BCUT2D eigenvalue weighted by molar-refractivity contribution is 9.10. The van der Waals surface area contributed by atoms with Gasteiger partial charge in [0.1, 0.15) is 11.6 Å². The molecule has 0 fully saturated rings. The predicted molar refractivity (Wildman–Crippen MR) is 81.9 cm³/mol. The van der Waals surface area contributed by atoms with Crippen LogP contribution in [0.3, 0.4) is 0 Å². The molecule has 0 aliphatic heterocycles. The average molecular weight is 356 g/mol. The summed E-state index contributed by atoms with van der Waals surface area (Å²) in [6.07, 6.45) is -0.381. The fourth-order valence-corrected chi connectivity index (χ4v) is 2.67. The van der Waals surface area contributed by atoms with Crippen molar-refractivity contribution < 1.29 is 13.5 Å². The summed E-state index contributed by atoms with van der Waals surface area (Å²) in [4.78, 5) is 0. The Hall–Kier alpha value is -1.30. The van der Waals surface area contributed by atoms with Crippen molar-refractivity contribution in [2.24, 2.45) is 5.73 Å². The molecule has 2 aromatic carbocycles. The molecular weight excluding hydrogens is 340 g/mol. The molecule has 2 nitrogen and oxygen atoms in total. The molecule has 2 N–H and O–H groups in total. The first-order valence-electron chi connectivity index (χ1n) is 6.50. The first-order valence-corrected chi connectivity index (χ1v) is 7.29. The molecule has 0 aliphatic carbocycles.